The zero-order chi connectivity index (χ0) is 25.3. The summed E-state index contributed by atoms with van der Waals surface area (Å²) >= 11 is 0.456. The van der Waals surface area contributed by atoms with Crippen molar-refractivity contribution in [2.24, 2.45) is 14.5 Å². The monoisotopic (exact) mass is 483 g/mol. The number of amides is 1. The van der Waals surface area contributed by atoms with Gasteiger partial charge in [-0.25, -0.2) is 9.59 Å². The van der Waals surface area contributed by atoms with E-state index in [1.54, 1.807) is 0 Å². The molecule has 0 unspecified atom stereocenters. The van der Waals surface area contributed by atoms with Crippen molar-refractivity contribution in [1.29, 1.82) is 0 Å². The average molecular weight is 484 g/mol. The SMILES string of the molecule is CC(C)c1cc(Oc2ccccc2)cc(C(C)C)c1.NC(=O)c1nn[nH]n1.O=C=NSN=C=O. The number of nitrogens with one attached hydrogen (secondary N) is 1. The van der Waals surface area contributed by atoms with Crippen molar-refractivity contribution in [2.45, 2.75) is 39.5 Å². The lowest BCUT2D eigenvalue weighted by atomic mass is 9.95. The summed E-state index contributed by atoms with van der Waals surface area (Å²) in [7, 11) is 0. The fourth-order valence-corrected chi connectivity index (χ4v) is 2.42. The third-order valence-electron chi connectivity index (χ3n) is 3.99. The summed E-state index contributed by atoms with van der Waals surface area (Å²) in [6, 6.07) is 16.5. The number of nitrogens with zero attached hydrogens (tertiary/aromatic N) is 5. The van der Waals surface area contributed by atoms with Crippen LogP contribution in [-0.2, 0) is 9.59 Å². The summed E-state index contributed by atoms with van der Waals surface area (Å²) in [5.74, 6) is 2.07. The molecule has 0 aliphatic rings. The molecule has 1 heterocycles. The molecule has 3 N–H and O–H groups in total. The number of tetrazole rings is 1. The number of benzene rings is 2. The molecular weight excluding hydrogens is 458 g/mol. The predicted molar refractivity (Wildman–Crippen MR) is 128 cm³/mol. The molecule has 0 aliphatic carbocycles. The lowest BCUT2D eigenvalue weighted by molar-refractivity contribution is 0.0990. The number of hydrogen-bond acceptors (Lipinski definition) is 10. The van der Waals surface area contributed by atoms with Crippen LogP contribution in [-0.4, -0.2) is 38.7 Å². The Morgan fingerprint density at radius 3 is 1.91 bits per heavy atom. The molecule has 0 aliphatic heterocycles. The number of primary amides is 1. The van der Waals surface area contributed by atoms with Crippen LogP contribution in [0, 0.1) is 0 Å². The first-order valence-electron chi connectivity index (χ1n) is 10.00. The van der Waals surface area contributed by atoms with E-state index in [1.807, 2.05) is 30.3 Å². The van der Waals surface area contributed by atoms with Crippen molar-refractivity contribution >= 4 is 30.2 Å². The number of carbonyl (C=O) groups is 1. The van der Waals surface area contributed by atoms with E-state index < -0.39 is 5.91 Å². The maximum absolute atomic E-state index is 10.1. The minimum absolute atomic E-state index is 0.0926. The standard InChI is InChI=1S/C18H22O.C2H3N5O.C2N2O2S/c1-13(2)15-10-16(14(3)4)12-18(11-15)19-17-8-6-5-7-9-17;3-1(8)2-4-6-7-5-2;5-1-3-7-4-2-6/h5-14H,1-4H3;(H2,3,8)(H,4,5,6,7);. The molecule has 0 spiro atoms. The maximum atomic E-state index is 10.1. The normalized spacial score (nSPS) is 9.47. The van der Waals surface area contributed by atoms with Gasteiger partial charge < -0.3 is 10.5 Å². The molecule has 11 nitrogen and oxygen atoms in total. The number of ether oxygens (including phenoxy) is 1. The zero-order valence-electron chi connectivity index (χ0n) is 19.1. The number of carbonyl (C=O) groups excluding carboxylic acids is 3. The second kappa shape index (κ2) is 15.7. The maximum Gasteiger partial charge on any atom is 0.290 e. The van der Waals surface area contributed by atoms with E-state index in [0.717, 1.165) is 11.5 Å². The van der Waals surface area contributed by atoms with E-state index in [0.29, 0.717) is 24.0 Å². The van der Waals surface area contributed by atoms with Crippen LogP contribution < -0.4 is 10.5 Å². The van der Waals surface area contributed by atoms with Gasteiger partial charge in [0.25, 0.3) is 11.7 Å². The van der Waals surface area contributed by atoms with Crippen LogP contribution in [0.25, 0.3) is 0 Å². The Kier molecular flexibility index (Phi) is 12.9. The summed E-state index contributed by atoms with van der Waals surface area (Å²) in [5.41, 5.74) is 7.40. The first-order chi connectivity index (χ1) is 16.3. The number of para-hydroxylation sites is 1. The van der Waals surface area contributed by atoms with Crippen molar-refractivity contribution < 1.29 is 19.1 Å². The van der Waals surface area contributed by atoms with Crippen LogP contribution in [0.3, 0.4) is 0 Å². The molecule has 2 aromatic carbocycles. The van der Waals surface area contributed by atoms with Crippen LogP contribution >= 0.6 is 12.1 Å². The van der Waals surface area contributed by atoms with Gasteiger partial charge in [-0.05, 0) is 52.4 Å². The number of isocyanates is 2. The number of nitrogens with two attached hydrogens (primary N) is 1. The van der Waals surface area contributed by atoms with Gasteiger partial charge >= 0.3 is 0 Å². The average Bonchev–Trinajstić information content (AvgIpc) is 3.36. The van der Waals surface area contributed by atoms with E-state index in [9.17, 15) is 14.4 Å². The molecule has 3 aromatic rings. The lowest BCUT2D eigenvalue weighted by Gasteiger charge is -2.15. The third-order valence-corrected chi connectivity index (χ3v) is 4.30. The molecule has 12 heteroatoms. The lowest BCUT2D eigenvalue weighted by Crippen LogP contribution is -2.12. The van der Waals surface area contributed by atoms with Crippen LogP contribution in [0.1, 0.15) is 61.3 Å². The molecule has 3 rings (SSSR count). The van der Waals surface area contributed by atoms with E-state index in [2.05, 4.69) is 75.3 Å². The minimum Gasteiger partial charge on any atom is -0.457 e. The molecular formula is C22H25N7O4S. The van der Waals surface area contributed by atoms with Gasteiger partial charge in [-0.1, -0.05) is 52.0 Å². The number of aromatic nitrogens is 4. The number of aromatic amines is 1. The van der Waals surface area contributed by atoms with E-state index in [4.69, 9.17) is 10.5 Å². The summed E-state index contributed by atoms with van der Waals surface area (Å²) in [5, 5.41) is 11.8. The van der Waals surface area contributed by atoms with E-state index >= 15 is 0 Å². The Balaban J connectivity index is 0.000000317. The number of rotatable bonds is 7. The van der Waals surface area contributed by atoms with Gasteiger partial charge in [0.2, 0.25) is 12.2 Å². The van der Waals surface area contributed by atoms with Crippen LogP contribution in [0.5, 0.6) is 11.5 Å². The molecule has 0 atom stereocenters. The highest BCUT2D eigenvalue weighted by molar-refractivity contribution is 7.96. The highest BCUT2D eigenvalue weighted by Crippen LogP contribution is 2.30. The molecule has 1 aromatic heterocycles. The second-order valence-electron chi connectivity index (χ2n) is 7.11. The van der Waals surface area contributed by atoms with Gasteiger partial charge in [0.05, 0.1) is 0 Å². The summed E-state index contributed by atoms with van der Waals surface area (Å²) in [6.07, 6.45) is 2.34. The van der Waals surface area contributed by atoms with Gasteiger partial charge in [0.15, 0.2) is 0 Å². The third kappa shape index (κ3) is 11.0. The van der Waals surface area contributed by atoms with Gasteiger partial charge in [-0.2, -0.15) is 5.21 Å². The quantitative estimate of drug-likeness (QED) is 0.286. The highest BCUT2D eigenvalue weighted by Gasteiger charge is 2.08. The smallest absolute Gasteiger partial charge is 0.290 e. The predicted octanol–water partition coefficient (Wildman–Crippen LogP) is 4.25. The summed E-state index contributed by atoms with van der Waals surface area (Å²) in [6.45, 7) is 8.86. The van der Waals surface area contributed by atoms with Crippen molar-refractivity contribution in [3.05, 3.63) is 65.5 Å². The van der Waals surface area contributed by atoms with Gasteiger partial charge in [-0.15, -0.1) is 19.0 Å². The largest absolute Gasteiger partial charge is 0.457 e. The van der Waals surface area contributed by atoms with Gasteiger partial charge in [0, 0.05) is 0 Å². The van der Waals surface area contributed by atoms with Crippen molar-refractivity contribution in [1.82, 2.24) is 20.6 Å². The Labute approximate surface area is 201 Å². The molecule has 0 bridgehead atoms. The zero-order valence-corrected chi connectivity index (χ0v) is 19.9. The molecule has 0 fully saturated rings. The number of H-pyrrole nitrogens is 1. The Morgan fingerprint density at radius 1 is 0.971 bits per heavy atom. The fourth-order valence-electron chi connectivity index (χ4n) is 2.32. The molecule has 34 heavy (non-hydrogen) atoms. The van der Waals surface area contributed by atoms with Crippen molar-refractivity contribution in [2.75, 3.05) is 0 Å². The Bertz CT molecular complexity index is 1070. The first kappa shape index (κ1) is 27.9. The van der Waals surface area contributed by atoms with Gasteiger partial charge in [-0.3, -0.25) is 4.79 Å². The van der Waals surface area contributed by atoms with Crippen molar-refractivity contribution in [3.63, 3.8) is 0 Å². The molecule has 1 amide bonds. The van der Waals surface area contributed by atoms with E-state index in [-0.39, 0.29) is 5.82 Å². The fraction of sp³-hybridized carbons (Fsp3) is 0.273. The number of hydrogen-bond donors (Lipinski definition) is 2. The van der Waals surface area contributed by atoms with Crippen LogP contribution in [0.15, 0.2) is 57.3 Å². The second-order valence-corrected chi connectivity index (χ2v) is 7.63. The van der Waals surface area contributed by atoms with Crippen LogP contribution in [0.4, 0.5) is 0 Å². The molecule has 0 radical (unpaired) electrons. The summed E-state index contributed by atoms with van der Waals surface area (Å²) in [4.78, 5) is 28.5. The summed E-state index contributed by atoms with van der Waals surface area (Å²) < 4.78 is 11.6. The van der Waals surface area contributed by atoms with Gasteiger partial charge in [0.1, 0.15) is 23.6 Å². The van der Waals surface area contributed by atoms with Crippen LogP contribution in [0.2, 0.25) is 0 Å². The van der Waals surface area contributed by atoms with E-state index in [1.165, 1.54) is 23.3 Å². The molecule has 178 valence electrons. The Hall–Kier alpha value is -4.11. The molecule has 0 saturated heterocycles. The first-order valence-corrected chi connectivity index (χ1v) is 10.7. The highest BCUT2D eigenvalue weighted by atomic mass is 32.2. The Morgan fingerprint density at radius 2 is 1.53 bits per heavy atom. The molecule has 0 saturated carbocycles. The topological polar surface area (TPSA) is 166 Å². The van der Waals surface area contributed by atoms with Crippen molar-refractivity contribution in [3.8, 4) is 11.5 Å². The minimum atomic E-state index is -0.682.